The summed E-state index contributed by atoms with van der Waals surface area (Å²) in [6.07, 6.45) is 0. The normalized spacial score (nSPS) is 11.3. The van der Waals surface area contributed by atoms with E-state index in [2.05, 4.69) is 5.32 Å². The number of para-hydroxylation sites is 1. The molecule has 0 bridgehead atoms. The molecule has 2 aromatic rings. The molecule has 7 heteroatoms. The third-order valence-corrected chi connectivity index (χ3v) is 3.89. The third-order valence-electron chi connectivity index (χ3n) is 3.89. The number of carbonyl (C=O) groups excluding carboxylic acids is 2. The number of hydrogen-bond donors (Lipinski definition) is 2. The van der Waals surface area contributed by atoms with E-state index in [1.54, 1.807) is 36.4 Å². The van der Waals surface area contributed by atoms with Gasteiger partial charge in [-0.2, -0.15) is 0 Å². The highest BCUT2D eigenvalue weighted by Crippen LogP contribution is 2.10. The molecule has 0 aliphatic heterocycles. The summed E-state index contributed by atoms with van der Waals surface area (Å²) in [6, 6.07) is 16.9. The summed E-state index contributed by atoms with van der Waals surface area (Å²) >= 11 is 0. The van der Waals surface area contributed by atoms with Gasteiger partial charge >= 0.3 is 5.97 Å². The Morgan fingerprint density at radius 2 is 1.63 bits per heavy atom. The molecule has 0 fully saturated rings. The molecule has 7 nitrogen and oxygen atoms in total. The standard InChI is InChI=1S/C20H22N2O5/c1-15(20(25)26)22(13-16-8-4-2-5-9-16)19(24)12-21-18(23)14-27-17-10-6-3-7-11-17/h2-11,15H,12-14H2,1H3,(H,21,23)(H,25,26). The van der Waals surface area contributed by atoms with E-state index in [0.717, 1.165) is 5.56 Å². The van der Waals surface area contributed by atoms with E-state index in [1.807, 2.05) is 24.3 Å². The summed E-state index contributed by atoms with van der Waals surface area (Å²) in [5.74, 6) is -1.51. The van der Waals surface area contributed by atoms with Crippen molar-refractivity contribution >= 4 is 17.8 Å². The van der Waals surface area contributed by atoms with Crippen LogP contribution in [0.4, 0.5) is 0 Å². The first-order valence-electron chi connectivity index (χ1n) is 8.48. The summed E-state index contributed by atoms with van der Waals surface area (Å²) in [5.41, 5.74) is 0.803. The lowest BCUT2D eigenvalue weighted by molar-refractivity contribution is -0.149. The first-order chi connectivity index (χ1) is 13.0. The number of aliphatic carboxylic acids is 1. The van der Waals surface area contributed by atoms with Crippen molar-refractivity contribution in [3.63, 3.8) is 0 Å². The van der Waals surface area contributed by atoms with Gasteiger partial charge in [-0.1, -0.05) is 48.5 Å². The Labute approximate surface area is 157 Å². The molecular weight excluding hydrogens is 348 g/mol. The van der Waals surface area contributed by atoms with Crippen LogP contribution in [0, 0.1) is 0 Å². The van der Waals surface area contributed by atoms with E-state index in [4.69, 9.17) is 4.74 Å². The van der Waals surface area contributed by atoms with Gasteiger partial charge in [0.1, 0.15) is 11.8 Å². The maximum Gasteiger partial charge on any atom is 0.326 e. The molecule has 0 spiro atoms. The Morgan fingerprint density at radius 1 is 1.04 bits per heavy atom. The Kier molecular flexibility index (Phi) is 7.37. The van der Waals surface area contributed by atoms with Crippen LogP contribution in [0.5, 0.6) is 5.75 Å². The van der Waals surface area contributed by atoms with Crippen molar-refractivity contribution in [1.82, 2.24) is 10.2 Å². The number of amides is 2. The molecule has 1 unspecified atom stereocenters. The van der Waals surface area contributed by atoms with E-state index in [0.29, 0.717) is 5.75 Å². The number of nitrogens with one attached hydrogen (secondary N) is 1. The largest absolute Gasteiger partial charge is 0.484 e. The summed E-state index contributed by atoms with van der Waals surface area (Å²) in [6.45, 7) is 1.04. The molecule has 0 aliphatic carbocycles. The van der Waals surface area contributed by atoms with Gasteiger partial charge in [-0.15, -0.1) is 0 Å². The van der Waals surface area contributed by atoms with Gasteiger partial charge in [0, 0.05) is 6.54 Å². The fourth-order valence-corrected chi connectivity index (χ4v) is 2.35. The van der Waals surface area contributed by atoms with Crippen molar-refractivity contribution < 1.29 is 24.2 Å². The lowest BCUT2D eigenvalue weighted by Crippen LogP contribution is -2.47. The molecule has 2 N–H and O–H groups in total. The highest BCUT2D eigenvalue weighted by molar-refractivity contribution is 5.88. The van der Waals surface area contributed by atoms with Crippen molar-refractivity contribution in [2.75, 3.05) is 13.2 Å². The van der Waals surface area contributed by atoms with Gasteiger partial charge in [0.25, 0.3) is 5.91 Å². The number of hydrogen-bond acceptors (Lipinski definition) is 4. The first kappa shape index (κ1) is 20.0. The van der Waals surface area contributed by atoms with Crippen LogP contribution in [0.2, 0.25) is 0 Å². The molecule has 0 saturated carbocycles. The molecule has 2 rings (SSSR count). The summed E-state index contributed by atoms with van der Waals surface area (Å²) in [4.78, 5) is 36.9. The molecular formula is C20H22N2O5. The van der Waals surface area contributed by atoms with E-state index in [-0.39, 0.29) is 19.7 Å². The van der Waals surface area contributed by atoms with Crippen LogP contribution in [-0.4, -0.2) is 47.0 Å². The Hall–Kier alpha value is -3.35. The maximum atomic E-state index is 12.5. The van der Waals surface area contributed by atoms with E-state index in [1.165, 1.54) is 11.8 Å². The molecule has 0 aromatic heterocycles. The third kappa shape index (κ3) is 6.47. The molecule has 142 valence electrons. The molecule has 2 aromatic carbocycles. The second-order valence-corrected chi connectivity index (χ2v) is 5.90. The zero-order valence-electron chi connectivity index (χ0n) is 15.0. The van der Waals surface area contributed by atoms with Crippen LogP contribution >= 0.6 is 0 Å². The highest BCUT2D eigenvalue weighted by atomic mass is 16.5. The fraction of sp³-hybridized carbons (Fsp3) is 0.250. The molecule has 0 heterocycles. The second kappa shape index (κ2) is 9.96. The quantitative estimate of drug-likeness (QED) is 0.700. The zero-order valence-corrected chi connectivity index (χ0v) is 15.0. The zero-order chi connectivity index (χ0) is 19.6. The number of carbonyl (C=O) groups is 3. The second-order valence-electron chi connectivity index (χ2n) is 5.90. The van der Waals surface area contributed by atoms with Crippen molar-refractivity contribution in [3.8, 4) is 5.75 Å². The summed E-state index contributed by atoms with van der Waals surface area (Å²) in [5, 5.41) is 11.7. The minimum Gasteiger partial charge on any atom is -0.484 e. The average molecular weight is 370 g/mol. The number of rotatable bonds is 9. The minimum absolute atomic E-state index is 0.142. The van der Waals surface area contributed by atoms with E-state index in [9.17, 15) is 19.5 Å². The smallest absolute Gasteiger partial charge is 0.326 e. The van der Waals surface area contributed by atoms with Crippen LogP contribution in [0.15, 0.2) is 60.7 Å². The van der Waals surface area contributed by atoms with E-state index >= 15 is 0 Å². The fourth-order valence-electron chi connectivity index (χ4n) is 2.35. The van der Waals surface area contributed by atoms with Crippen molar-refractivity contribution in [3.05, 3.63) is 66.2 Å². The van der Waals surface area contributed by atoms with Crippen LogP contribution in [-0.2, 0) is 20.9 Å². The summed E-state index contributed by atoms with van der Waals surface area (Å²) in [7, 11) is 0. The Bertz CT molecular complexity index is 764. The van der Waals surface area contributed by atoms with Gasteiger partial charge in [0.05, 0.1) is 6.54 Å². The van der Waals surface area contributed by atoms with Gasteiger partial charge in [0.15, 0.2) is 6.61 Å². The maximum absolute atomic E-state index is 12.5. The number of carboxylic acid groups (broad SMARTS) is 1. The predicted molar refractivity (Wildman–Crippen MR) is 99.0 cm³/mol. The molecule has 2 amide bonds. The van der Waals surface area contributed by atoms with E-state index < -0.39 is 23.8 Å². The number of carboxylic acids is 1. The highest BCUT2D eigenvalue weighted by Gasteiger charge is 2.25. The predicted octanol–water partition coefficient (Wildman–Crippen LogP) is 1.68. The monoisotopic (exact) mass is 370 g/mol. The van der Waals surface area contributed by atoms with Crippen molar-refractivity contribution in [1.29, 1.82) is 0 Å². The van der Waals surface area contributed by atoms with Crippen molar-refractivity contribution in [2.24, 2.45) is 0 Å². The molecule has 0 aliphatic rings. The Balaban J connectivity index is 1.90. The van der Waals surface area contributed by atoms with Crippen molar-refractivity contribution in [2.45, 2.75) is 19.5 Å². The molecule has 0 radical (unpaired) electrons. The SMILES string of the molecule is CC(C(=O)O)N(Cc1ccccc1)C(=O)CNC(=O)COc1ccccc1. The van der Waals surface area contributed by atoms with Crippen LogP contribution < -0.4 is 10.1 Å². The van der Waals surface area contributed by atoms with Gasteiger partial charge < -0.3 is 20.1 Å². The minimum atomic E-state index is -1.11. The topological polar surface area (TPSA) is 95.9 Å². The lowest BCUT2D eigenvalue weighted by Gasteiger charge is -2.26. The first-order valence-corrected chi connectivity index (χ1v) is 8.48. The summed E-state index contributed by atoms with van der Waals surface area (Å²) < 4.78 is 5.31. The van der Waals surface area contributed by atoms with Gasteiger partial charge in [0.2, 0.25) is 5.91 Å². The Morgan fingerprint density at radius 3 is 2.22 bits per heavy atom. The molecule has 27 heavy (non-hydrogen) atoms. The van der Waals surface area contributed by atoms with Crippen LogP contribution in [0.3, 0.4) is 0 Å². The number of benzene rings is 2. The number of ether oxygens (including phenoxy) is 1. The van der Waals surface area contributed by atoms with Gasteiger partial charge in [-0.25, -0.2) is 4.79 Å². The lowest BCUT2D eigenvalue weighted by atomic mass is 10.1. The molecule has 0 saturated heterocycles. The molecule has 1 atom stereocenters. The van der Waals surface area contributed by atoms with Gasteiger partial charge in [-0.05, 0) is 24.6 Å². The average Bonchev–Trinajstić information content (AvgIpc) is 2.69. The van der Waals surface area contributed by atoms with Gasteiger partial charge in [-0.3, -0.25) is 9.59 Å². The van der Waals surface area contributed by atoms with Crippen LogP contribution in [0.1, 0.15) is 12.5 Å². The van der Waals surface area contributed by atoms with Crippen LogP contribution in [0.25, 0.3) is 0 Å². The number of nitrogens with zero attached hydrogens (tertiary/aromatic N) is 1.